The Bertz CT molecular complexity index is 655. The first-order valence-electron chi connectivity index (χ1n) is 7.16. The first-order valence-corrected chi connectivity index (χ1v) is 7.95. The zero-order valence-corrected chi connectivity index (χ0v) is 13.6. The van der Waals surface area contributed by atoms with Gasteiger partial charge in [-0.15, -0.1) is 0 Å². The Morgan fingerprint density at radius 3 is 2.86 bits per heavy atom. The fourth-order valence-corrected chi connectivity index (χ4v) is 3.65. The first kappa shape index (κ1) is 14.5. The van der Waals surface area contributed by atoms with Gasteiger partial charge in [-0.1, -0.05) is 11.6 Å². The average Bonchev–Trinajstić information content (AvgIpc) is 2.85. The molecule has 0 saturated carbocycles. The molecule has 1 aliphatic carbocycles. The Morgan fingerprint density at radius 1 is 1.33 bits per heavy atom. The van der Waals surface area contributed by atoms with Crippen molar-refractivity contribution in [2.24, 2.45) is 5.73 Å². The van der Waals surface area contributed by atoms with Crippen molar-refractivity contribution >= 4 is 15.9 Å². The standard InChI is InChI=1S/C15H18BrN3O2/c1-20-14-11(15-18-12(8-17)21-19-15)7-9-5-3-2-4-6-10(9)13(14)16/h7H,2-6,8,17H2,1H3. The van der Waals surface area contributed by atoms with Crippen LogP contribution in [0, 0.1) is 0 Å². The molecule has 21 heavy (non-hydrogen) atoms. The summed E-state index contributed by atoms with van der Waals surface area (Å²) < 4.78 is 11.7. The van der Waals surface area contributed by atoms with Crippen molar-refractivity contribution in [3.63, 3.8) is 0 Å². The molecule has 2 N–H and O–H groups in total. The summed E-state index contributed by atoms with van der Waals surface area (Å²) >= 11 is 3.70. The largest absolute Gasteiger partial charge is 0.495 e. The molecule has 0 saturated heterocycles. The molecule has 0 spiro atoms. The zero-order chi connectivity index (χ0) is 14.8. The van der Waals surface area contributed by atoms with Crippen molar-refractivity contribution < 1.29 is 9.26 Å². The van der Waals surface area contributed by atoms with Gasteiger partial charge in [0.15, 0.2) is 0 Å². The molecule has 1 aromatic carbocycles. The second-order valence-electron chi connectivity index (χ2n) is 5.19. The molecule has 0 radical (unpaired) electrons. The van der Waals surface area contributed by atoms with E-state index in [9.17, 15) is 0 Å². The van der Waals surface area contributed by atoms with E-state index in [-0.39, 0.29) is 6.54 Å². The van der Waals surface area contributed by atoms with Crippen LogP contribution in [0.3, 0.4) is 0 Å². The first-order chi connectivity index (χ1) is 10.2. The van der Waals surface area contributed by atoms with Crippen molar-refractivity contribution in [1.29, 1.82) is 0 Å². The molecule has 6 heteroatoms. The topological polar surface area (TPSA) is 74.2 Å². The molecule has 0 unspecified atom stereocenters. The highest BCUT2D eigenvalue weighted by atomic mass is 79.9. The number of fused-ring (bicyclic) bond motifs is 1. The van der Waals surface area contributed by atoms with Gasteiger partial charge in [-0.2, -0.15) is 4.98 Å². The van der Waals surface area contributed by atoms with Crippen LogP contribution in [0.1, 0.15) is 36.3 Å². The molecule has 1 aromatic heterocycles. The summed E-state index contributed by atoms with van der Waals surface area (Å²) in [5.74, 6) is 1.72. The van der Waals surface area contributed by atoms with Crippen LogP contribution in [-0.4, -0.2) is 17.3 Å². The Balaban J connectivity index is 2.15. The van der Waals surface area contributed by atoms with Crippen molar-refractivity contribution in [2.75, 3.05) is 7.11 Å². The number of aromatic nitrogens is 2. The number of nitrogens with zero attached hydrogens (tertiary/aromatic N) is 2. The lowest BCUT2D eigenvalue weighted by Gasteiger charge is -2.15. The van der Waals surface area contributed by atoms with Gasteiger partial charge in [0.25, 0.3) is 0 Å². The number of aryl methyl sites for hydroxylation is 1. The number of benzene rings is 1. The Morgan fingerprint density at radius 2 is 2.14 bits per heavy atom. The van der Waals surface area contributed by atoms with E-state index in [0.29, 0.717) is 11.7 Å². The van der Waals surface area contributed by atoms with Crippen LogP contribution in [-0.2, 0) is 19.4 Å². The predicted octanol–water partition coefficient (Wildman–Crippen LogP) is 3.24. The van der Waals surface area contributed by atoms with Gasteiger partial charge in [0.1, 0.15) is 5.75 Å². The maximum Gasteiger partial charge on any atom is 0.240 e. The third kappa shape index (κ3) is 2.70. The highest BCUT2D eigenvalue weighted by Crippen LogP contribution is 2.41. The second kappa shape index (κ2) is 6.15. The van der Waals surface area contributed by atoms with Gasteiger partial charge in [0, 0.05) is 0 Å². The average molecular weight is 352 g/mol. The number of hydrogen-bond acceptors (Lipinski definition) is 5. The molecule has 0 aliphatic heterocycles. The summed E-state index contributed by atoms with van der Waals surface area (Å²) in [5, 5.41) is 4.01. The fourth-order valence-electron chi connectivity index (χ4n) is 2.82. The summed E-state index contributed by atoms with van der Waals surface area (Å²) in [7, 11) is 1.66. The van der Waals surface area contributed by atoms with Crippen LogP contribution in [0.5, 0.6) is 5.75 Å². The molecule has 0 bridgehead atoms. The molecule has 3 rings (SSSR count). The zero-order valence-electron chi connectivity index (χ0n) is 12.0. The SMILES string of the molecule is COc1c(-c2noc(CN)n2)cc2c(c1Br)CCCCC2. The highest BCUT2D eigenvalue weighted by molar-refractivity contribution is 9.10. The molecule has 1 aliphatic rings. The van der Waals surface area contributed by atoms with Crippen molar-refractivity contribution in [2.45, 2.75) is 38.6 Å². The van der Waals surface area contributed by atoms with E-state index in [1.807, 2.05) is 0 Å². The van der Waals surface area contributed by atoms with E-state index < -0.39 is 0 Å². The second-order valence-corrected chi connectivity index (χ2v) is 5.98. The maximum atomic E-state index is 5.58. The van der Waals surface area contributed by atoms with E-state index >= 15 is 0 Å². The van der Waals surface area contributed by atoms with Gasteiger partial charge in [-0.3, -0.25) is 0 Å². The van der Waals surface area contributed by atoms with E-state index in [1.165, 1.54) is 30.4 Å². The van der Waals surface area contributed by atoms with Crippen LogP contribution >= 0.6 is 15.9 Å². The minimum atomic E-state index is 0.238. The lowest BCUT2D eigenvalue weighted by atomic mass is 9.98. The van der Waals surface area contributed by atoms with Crippen molar-refractivity contribution in [3.8, 4) is 17.1 Å². The Hall–Kier alpha value is -1.40. The molecule has 2 aromatic rings. The molecule has 0 amide bonds. The highest BCUT2D eigenvalue weighted by Gasteiger charge is 2.22. The maximum absolute atomic E-state index is 5.58. The van der Waals surface area contributed by atoms with Gasteiger partial charge in [-0.05, 0) is 58.8 Å². The number of nitrogens with two attached hydrogens (primary N) is 1. The van der Waals surface area contributed by atoms with Crippen LogP contribution in [0.25, 0.3) is 11.4 Å². The Kier molecular flexibility index (Phi) is 4.26. The smallest absolute Gasteiger partial charge is 0.240 e. The van der Waals surface area contributed by atoms with Crippen molar-refractivity contribution in [3.05, 3.63) is 27.6 Å². The third-order valence-corrected chi connectivity index (χ3v) is 4.71. The lowest BCUT2D eigenvalue weighted by molar-refractivity contribution is 0.379. The molecule has 112 valence electrons. The van der Waals surface area contributed by atoms with E-state index in [2.05, 4.69) is 32.1 Å². The van der Waals surface area contributed by atoms with Gasteiger partial charge >= 0.3 is 0 Å². The number of rotatable bonds is 3. The van der Waals surface area contributed by atoms with Gasteiger partial charge in [0.05, 0.1) is 23.7 Å². The summed E-state index contributed by atoms with van der Waals surface area (Å²) in [4.78, 5) is 4.32. The molecular weight excluding hydrogens is 334 g/mol. The predicted molar refractivity (Wildman–Crippen MR) is 83.1 cm³/mol. The van der Waals surface area contributed by atoms with Crippen LogP contribution in [0.2, 0.25) is 0 Å². The summed E-state index contributed by atoms with van der Waals surface area (Å²) in [5.41, 5.74) is 9.08. The van der Waals surface area contributed by atoms with Crippen LogP contribution in [0.15, 0.2) is 15.1 Å². The monoisotopic (exact) mass is 351 g/mol. The lowest BCUT2D eigenvalue weighted by Crippen LogP contribution is -2.00. The molecule has 0 atom stereocenters. The molecule has 1 heterocycles. The summed E-state index contributed by atoms with van der Waals surface area (Å²) in [6.07, 6.45) is 5.84. The Labute approximate surface area is 132 Å². The molecular formula is C15H18BrN3O2. The minimum Gasteiger partial charge on any atom is -0.495 e. The summed E-state index contributed by atoms with van der Waals surface area (Å²) in [6.45, 7) is 0.238. The van der Waals surface area contributed by atoms with Crippen LogP contribution < -0.4 is 10.5 Å². The summed E-state index contributed by atoms with van der Waals surface area (Å²) in [6, 6.07) is 2.13. The molecule has 5 nitrogen and oxygen atoms in total. The van der Waals surface area contributed by atoms with Gasteiger partial charge in [0.2, 0.25) is 11.7 Å². The quantitative estimate of drug-likeness (QED) is 0.859. The fraction of sp³-hybridized carbons (Fsp3) is 0.467. The van der Waals surface area contributed by atoms with E-state index in [4.69, 9.17) is 15.0 Å². The number of methoxy groups -OCH3 is 1. The number of ether oxygens (including phenoxy) is 1. The number of halogens is 1. The normalized spacial score (nSPS) is 14.6. The molecule has 0 fully saturated rings. The van der Waals surface area contributed by atoms with Crippen LogP contribution in [0.4, 0.5) is 0 Å². The van der Waals surface area contributed by atoms with E-state index in [0.717, 1.165) is 28.6 Å². The van der Waals surface area contributed by atoms with Gasteiger partial charge < -0.3 is 15.0 Å². The van der Waals surface area contributed by atoms with Gasteiger partial charge in [-0.25, -0.2) is 0 Å². The van der Waals surface area contributed by atoms with Crippen molar-refractivity contribution in [1.82, 2.24) is 10.1 Å². The third-order valence-electron chi connectivity index (χ3n) is 3.88. The van der Waals surface area contributed by atoms with E-state index in [1.54, 1.807) is 7.11 Å². The minimum absolute atomic E-state index is 0.238. The number of hydrogen-bond donors (Lipinski definition) is 1.